The van der Waals surface area contributed by atoms with Crippen LogP contribution in [0.3, 0.4) is 0 Å². The summed E-state index contributed by atoms with van der Waals surface area (Å²) in [6.45, 7) is 7.26. The number of aromatic amines is 1. The first-order chi connectivity index (χ1) is 16.6. The summed E-state index contributed by atoms with van der Waals surface area (Å²) in [4.78, 5) is 31.4. The first-order valence-electron chi connectivity index (χ1n) is 11.8. The molecule has 1 aliphatic heterocycles. The van der Waals surface area contributed by atoms with E-state index in [1.54, 1.807) is 5.06 Å². The Balaban J connectivity index is 1.58. The maximum Gasteiger partial charge on any atom is 0.328 e. The number of rotatable bonds is 7. The van der Waals surface area contributed by atoms with Gasteiger partial charge < -0.3 is 4.43 Å². The van der Waals surface area contributed by atoms with Gasteiger partial charge in [0, 0.05) is 7.05 Å². The molecule has 1 aliphatic rings. The quantitative estimate of drug-likeness (QED) is 0.507. The van der Waals surface area contributed by atoms with E-state index in [0.717, 1.165) is 10.8 Å². The van der Waals surface area contributed by atoms with Crippen molar-refractivity contribution in [2.75, 3.05) is 13.7 Å². The molecule has 9 heteroatoms. The number of benzene rings is 2. The molecule has 1 N–H and O–H groups in total. The minimum Gasteiger partial charge on any atom is -0.406 e. The third-order valence-electron chi connectivity index (χ3n) is 6.64. The molecule has 186 valence electrons. The zero-order chi connectivity index (χ0) is 25.2. The van der Waals surface area contributed by atoms with Gasteiger partial charge in [-0.25, -0.2) is 4.79 Å². The number of aromatic nitrogens is 2. The predicted molar refractivity (Wildman–Crippen MR) is 136 cm³/mol. The highest BCUT2D eigenvalue weighted by Crippen LogP contribution is 2.37. The summed E-state index contributed by atoms with van der Waals surface area (Å²) in [5, 5.41) is 4.02. The molecule has 0 amide bonds. The Morgan fingerprint density at radius 3 is 2.17 bits per heavy atom. The van der Waals surface area contributed by atoms with Gasteiger partial charge in [-0.3, -0.25) is 19.2 Å². The zero-order valence-electron chi connectivity index (χ0n) is 20.5. The van der Waals surface area contributed by atoms with Crippen LogP contribution in [-0.4, -0.2) is 48.7 Å². The SMILES string of the molecule is CN1O[C@@H](Cn2cc(F)c(=O)[nH]c2=O)C[C@H]1CO[Si](c1ccccc1)(c1ccccc1)C(C)(C)C. The number of hydroxylamine groups is 2. The Labute approximate surface area is 205 Å². The largest absolute Gasteiger partial charge is 0.406 e. The van der Waals surface area contributed by atoms with Crippen molar-refractivity contribution in [2.24, 2.45) is 0 Å². The van der Waals surface area contributed by atoms with Crippen molar-refractivity contribution in [3.8, 4) is 0 Å². The number of nitrogens with zero attached hydrogens (tertiary/aromatic N) is 2. The summed E-state index contributed by atoms with van der Waals surface area (Å²) < 4.78 is 21.9. The van der Waals surface area contributed by atoms with E-state index in [2.05, 4.69) is 69.3 Å². The van der Waals surface area contributed by atoms with E-state index in [4.69, 9.17) is 9.26 Å². The van der Waals surface area contributed by atoms with Gasteiger partial charge >= 0.3 is 5.69 Å². The number of likely N-dealkylation sites (N-methyl/N-ethyl adjacent to an activating group) is 1. The summed E-state index contributed by atoms with van der Waals surface area (Å²) in [6, 6.07) is 20.8. The highest BCUT2D eigenvalue weighted by molar-refractivity contribution is 6.99. The molecule has 35 heavy (non-hydrogen) atoms. The summed E-state index contributed by atoms with van der Waals surface area (Å²) >= 11 is 0. The second-order valence-electron chi connectivity index (χ2n) is 10.0. The first-order valence-corrected chi connectivity index (χ1v) is 13.7. The summed E-state index contributed by atoms with van der Waals surface area (Å²) in [5.41, 5.74) is -1.68. The molecular formula is C26H32FN3O4Si. The molecule has 7 nitrogen and oxygen atoms in total. The van der Waals surface area contributed by atoms with Crippen molar-refractivity contribution in [1.82, 2.24) is 14.6 Å². The molecule has 0 radical (unpaired) electrons. The molecule has 2 aromatic carbocycles. The van der Waals surface area contributed by atoms with Crippen molar-refractivity contribution in [3.05, 3.63) is 93.5 Å². The fourth-order valence-corrected chi connectivity index (χ4v) is 9.52. The van der Waals surface area contributed by atoms with Crippen molar-refractivity contribution >= 4 is 18.7 Å². The van der Waals surface area contributed by atoms with Gasteiger partial charge in [-0.1, -0.05) is 81.4 Å². The minimum atomic E-state index is -2.69. The average Bonchev–Trinajstić information content (AvgIpc) is 3.17. The van der Waals surface area contributed by atoms with Crippen LogP contribution in [0.25, 0.3) is 0 Å². The highest BCUT2D eigenvalue weighted by Gasteiger charge is 2.50. The number of halogens is 1. The minimum absolute atomic E-state index is 0.0510. The normalized spacial score (nSPS) is 19.2. The van der Waals surface area contributed by atoms with Crippen LogP contribution in [0, 0.1) is 5.82 Å². The molecule has 0 saturated carbocycles. The lowest BCUT2D eigenvalue weighted by atomic mass is 10.1. The van der Waals surface area contributed by atoms with Crippen molar-refractivity contribution < 1.29 is 13.7 Å². The van der Waals surface area contributed by atoms with E-state index in [-0.39, 0.29) is 23.7 Å². The molecular weight excluding hydrogens is 465 g/mol. The summed E-state index contributed by atoms with van der Waals surface area (Å²) in [7, 11) is -0.849. The fraction of sp³-hybridized carbons (Fsp3) is 0.385. The Morgan fingerprint density at radius 1 is 1.06 bits per heavy atom. The van der Waals surface area contributed by atoms with Crippen LogP contribution in [0.2, 0.25) is 5.04 Å². The predicted octanol–water partition coefficient (Wildman–Crippen LogP) is 2.26. The van der Waals surface area contributed by atoms with Crippen LogP contribution >= 0.6 is 0 Å². The number of H-pyrrole nitrogens is 1. The Kier molecular flexibility index (Phi) is 7.23. The third-order valence-corrected chi connectivity index (χ3v) is 11.6. The third kappa shape index (κ3) is 5.08. The Hall–Kier alpha value is -2.85. The second kappa shape index (κ2) is 10.0. The van der Waals surface area contributed by atoms with Crippen LogP contribution in [0.15, 0.2) is 76.4 Å². The summed E-state index contributed by atoms with van der Waals surface area (Å²) in [5.74, 6) is -0.998. The van der Waals surface area contributed by atoms with Crippen LogP contribution in [0.5, 0.6) is 0 Å². The number of hydrogen-bond donors (Lipinski definition) is 1. The van der Waals surface area contributed by atoms with Gasteiger partial charge in [-0.05, 0) is 21.8 Å². The molecule has 3 aromatic rings. The fourth-order valence-electron chi connectivity index (χ4n) is 4.92. The smallest absolute Gasteiger partial charge is 0.328 e. The lowest BCUT2D eigenvalue weighted by Gasteiger charge is -2.43. The highest BCUT2D eigenvalue weighted by atomic mass is 28.4. The Morgan fingerprint density at radius 2 is 1.63 bits per heavy atom. The van der Waals surface area contributed by atoms with Gasteiger partial charge in [-0.15, -0.1) is 0 Å². The monoisotopic (exact) mass is 497 g/mol. The molecule has 0 aliphatic carbocycles. The lowest BCUT2D eigenvalue weighted by molar-refractivity contribution is -0.150. The van der Waals surface area contributed by atoms with Crippen LogP contribution < -0.4 is 21.6 Å². The van der Waals surface area contributed by atoms with Crippen molar-refractivity contribution in [3.63, 3.8) is 0 Å². The maximum absolute atomic E-state index is 13.7. The van der Waals surface area contributed by atoms with E-state index < -0.39 is 25.4 Å². The van der Waals surface area contributed by atoms with Gasteiger partial charge in [0.1, 0.15) is 0 Å². The van der Waals surface area contributed by atoms with E-state index >= 15 is 0 Å². The molecule has 0 unspecified atom stereocenters. The average molecular weight is 498 g/mol. The topological polar surface area (TPSA) is 76.6 Å². The van der Waals surface area contributed by atoms with Gasteiger partial charge in [-0.2, -0.15) is 9.45 Å². The number of hydrogen-bond acceptors (Lipinski definition) is 5. The maximum atomic E-state index is 13.7. The first kappa shape index (κ1) is 25.2. The van der Waals surface area contributed by atoms with E-state index in [1.807, 2.05) is 24.2 Å². The van der Waals surface area contributed by atoms with E-state index in [9.17, 15) is 14.0 Å². The molecule has 1 aromatic heterocycles. The summed E-state index contributed by atoms with van der Waals surface area (Å²) in [6.07, 6.45) is 1.18. The lowest BCUT2D eigenvalue weighted by Crippen LogP contribution is -2.67. The molecule has 1 saturated heterocycles. The van der Waals surface area contributed by atoms with Crippen LogP contribution in [0.4, 0.5) is 4.39 Å². The Bertz CT molecular complexity index is 1220. The molecule has 0 bridgehead atoms. The van der Waals surface area contributed by atoms with E-state index in [1.165, 1.54) is 10.4 Å². The van der Waals surface area contributed by atoms with Crippen molar-refractivity contribution in [2.45, 2.75) is 50.9 Å². The molecule has 1 fully saturated rings. The standard InChI is InChI=1S/C26H32FN3O4Si/c1-26(2,3)35(21-11-7-5-8-12-21,22-13-9-6-10-14-22)33-18-19-15-20(34-29(19)4)16-30-17-23(27)24(31)28-25(30)32/h5-14,17,19-20H,15-16,18H2,1-4H3,(H,28,31,32)/t19-,20+/m0/s1. The number of nitrogens with one attached hydrogen (secondary N) is 1. The molecule has 4 rings (SSSR count). The zero-order valence-corrected chi connectivity index (χ0v) is 21.5. The van der Waals surface area contributed by atoms with Gasteiger partial charge in [0.15, 0.2) is 0 Å². The molecule has 2 atom stereocenters. The van der Waals surface area contributed by atoms with Gasteiger partial charge in [0.25, 0.3) is 13.9 Å². The molecule has 0 spiro atoms. The van der Waals surface area contributed by atoms with Gasteiger partial charge in [0.2, 0.25) is 5.82 Å². The second-order valence-corrected chi connectivity index (χ2v) is 14.3. The van der Waals surface area contributed by atoms with Crippen LogP contribution in [-0.2, 0) is 15.8 Å². The van der Waals surface area contributed by atoms with Crippen LogP contribution in [0.1, 0.15) is 27.2 Å². The van der Waals surface area contributed by atoms with Crippen molar-refractivity contribution in [1.29, 1.82) is 0 Å². The van der Waals surface area contributed by atoms with Gasteiger partial charge in [0.05, 0.1) is 31.5 Å². The van der Waals surface area contributed by atoms with E-state index in [0.29, 0.717) is 13.0 Å². The molecule has 2 heterocycles.